The number of nitrogens with one attached hydrogen (secondary N) is 1. The summed E-state index contributed by atoms with van der Waals surface area (Å²) in [4.78, 5) is 13.1. The van der Waals surface area contributed by atoms with E-state index in [9.17, 15) is 4.79 Å². The molecule has 0 fully saturated rings. The Morgan fingerprint density at radius 1 is 1.32 bits per heavy atom. The van der Waals surface area contributed by atoms with Crippen molar-refractivity contribution in [1.82, 2.24) is 0 Å². The van der Waals surface area contributed by atoms with E-state index in [-0.39, 0.29) is 5.91 Å². The quantitative estimate of drug-likeness (QED) is 0.864. The van der Waals surface area contributed by atoms with Crippen LogP contribution in [-0.4, -0.2) is 5.91 Å². The van der Waals surface area contributed by atoms with Gasteiger partial charge in [0.15, 0.2) is 0 Å². The van der Waals surface area contributed by atoms with Crippen LogP contribution in [0.5, 0.6) is 0 Å². The smallest absolute Gasteiger partial charge is 0.251 e. The van der Waals surface area contributed by atoms with Gasteiger partial charge in [0.25, 0.3) is 5.91 Å². The Labute approximate surface area is 115 Å². The fourth-order valence-corrected chi connectivity index (χ4v) is 2.28. The topological polar surface area (TPSA) is 52.9 Å². The lowest BCUT2D eigenvalue weighted by Crippen LogP contribution is -2.13. The van der Waals surface area contributed by atoms with E-state index in [2.05, 4.69) is 11.4 Å². The Balaban J connectivity index is 2.16. The Bertz CT molecular complexity index is 651. The highest BCUT2D eigenvalue weighted by molar-refractivity contribution is 7.10. The minimum absolute atomic E-state index is 0.198. The van der Waals surface area contributed by atoms with Gasteiger partial charge in [0.1, 0.15) is 6.07 Å². The molecular weight excluding hydrogens is 256 g/mol. The molecule has 2 aromatic rings. The molecule has 2 rings (SSSR count). The molecule has 0 spiro atoms. The molecular formula is C15H12N2OS. The van der Waals surface area contributed by atoms with Crippen molar-refractivity contribution < 1.29 is 4.79 Å². The maximum Gasteiger partial charge on any atom is 0.251 e. The van der Waals surface area contributed by atoms with Crippen molar-refractivity contribution in [3.63, 3.8) is 0 Å². The molecule has 0 radical (unpaired) electrons. The zero-order valence-electron chi connectivity index (χ0n) is 10.4. The van der Waals surface area contributed by atoms with E-state index in [0.717, 1.165) is 4.88 Å². The number of nitriles is 1. The van der Waals surface area contributed by atoms with Crippen LogP contribution in [0.25, 0.3) is 6.08 Å². The van der Waals surface area contributed by atoms with Crippen molar-refractivity contribution in [1.29, 1.82) is 5.26 Å². The van der Waals surface area contributed by atoms with Gasteiger partial charge in [-0.05, 0) is 36.6 Å². The maximum absolute atomic E-state index is 12.0. The number of carbonyl (C=O) groups excluding carboxylic acids is 1. The summed E-state index contributed by atoms with van der Waals surface area (Å²) in [7, 11) is 0. The van der Waals surface area contributed by atoms with Crippen LogP contribution in [0.4, 0.5) is 5.69 Å². The molecule has 1 heterocycles. The average molecular weight is 268 g/mol. The van der Waals surface area contributed by atoms with Crippen LogP contribution in [0, 0.1) is 11.3 Å². The summed E-state index contributed by atoms with van der Waals surface area (Å²) < 4.78 is 0. The number of para-hydroxylation sites is 1. The molecule has 1 amide bonds. The summed E-state index contributed by atoms with van der Waals surface area (Å²) in [6.45, 7) is 1.75. The first-order valence-electron chi connectivity index (χ1n) is 5.73. The van der Waals surface area contributed by atoms with Crippen LogP contribution < -0.4 is 5.32 Å². The van der Waals surface area contributed by atoms with E-state index >= 15 is 0 Å². The number of nitrogens with zero attached hydrogens (tertiary/aromatic N) is 1. The van der Waals surface area contributed by atoms with Gasteiger partial charge in [-0.15, -0.1) is 11.3 Å². The standard InChI is InChI=1S/C15H12N2OS/c1-11(9-13-6-4-8-19-13)15(18)17-14-7-3-2-5-12(14)10-16/h2-9H,1H3,(H,17,18)/b11-9+. The Hall–Kier alpha value is -2.38. The van der Waals surface area contributed by atoms with Crippen molar-refractivity contribution in [3.05, 3.63) is 57.8 Å². The van der Waals surface area contributed by atoms with Gasteiger partial charge < -0.3 is 5.32 Å². The number of rotatable bonds is 3. The first-order chi connectivity index (χ1) is 9.20. The number of amides is 1. The lowest BCUT2D eigenvalue weighted by Gasteiger charge is -2.06. The zero-order chi connectivity index (χ0) is 13.7. The number of benzene rings is 1. The van der Waals surface area contributed by atoms with Crippen LogP contribution in [0.2, 0.25) is 0 Å². The first-order valence-corrected chi connectivity index (χ1v) is 6.61. The van der Waals surface area contributed by atoms with E-state index in [4.69, 9.17) is 5.26 Å². The molecule has 1 N–H and O–H groups in total. The predicted molar refractivity (Wildman–Crippen MR) is 77.8 cm³/mol. The van der Waals surface area contributed by atoms with Gasteiger partial charge in [-0.1, -0.05) is 18.2 Å². The predicted octanol–water partition coefficient (Wildman–Crippen LogP) is 3.66. The molecule has 1 aromatic heterocycles. The average Bonchev–Trinajstić information content (AvgIpc) is 2.92. The minimum Gasteiger partial charge on any atom is -0.321 e. The van der Waals surface area contributed by atoms with Gasteiger partial charge in [0.2, 0.25) is 0 Å². The molecule has 19 heavy (non-hydrogen) atoms. The summed E-state index contributed by atoms with van der Waals surface area (Å²) in [5.74, 6) is -0.198. The highest BCUT2D eigenvalue weighted by atomic mass is 32.1. The molecule has 3 nitrogen and oxygen atoms in total. The molecule has 0 bridgehead atoms. The van der Waals surface area contributed by atoms with Gasteiger partial charge in [-0.2, -0.15) is 5.26 Å². The second kappa shape index (κ2) is 5.98. The lowest BCUT2D eigenvalue weighted by atomic mass is 10.2. The number of hydrogen-bond donors (Lipinski definition) is 1. The Morgan fingerprint density at radius 3 is 2.79 bits per heavy atom. The first kappa shape index (κ1) is 13.1. The molecule has 0 aliphatic rings. The van der Waals surface area contributed by atoms with Gasteiger partial charge in [-0.3, -0.25) is 4.79 Å². The number of carbonyl (C=O) groups is 1. The SMILES string of the molecule is C/C(=C\c1cccs1)C(=O)Nc1ccccc1C#N. The third kappa shape index (κ3) is 3.30. The Kier molecular flexibility index (Phi) is 4.11. The summed E-state index contributed by atoms with van der Waals surface area (Å²) in [6, 6.07) is 12.9. The number of hydrogen-bond acceptors (Lipinski definition) is 3. The third-order valence-electron chi connectivity index (χ3n) is 2.56. The second-order valence-electron chi connectivity index (χ2n) is 3.95. The molecule has 0 unspecified atom stereocenters. The molecule has 0 aliphatic carbocycles. The molecule has 0 aliphatic heterocycles. The van der Waals surface area contributed by atoms with Crippen LogP contribution in [-0.2, 0) is 4.79 Å². The summed E-state index contributed by atoms with van der Waals surface area (Å²) in [6.07, 6.45) is 1.83. The van der Waals surface area contributed by atoms with Crippen LogP contribution in [0.1, 0.15) is 17.4 Å². The Morgan fingerprint density at radius 2 is 2.11 bits per heavy atom. The van der Waals surface area contributed by atoms with E-state index < -0.39 is 0 Å². The van der Waals surface area contributed by atoms with Crippen LogP contribution >= 0.6 is 11.3 Å². The van der Waals surface area contributed by atoms with Crippen molar-refractivity contribution in [2.45, 2.75) is 6.92 Å². The molecule has 1 aromatic carbocycles. The van der Waals surface area contributed by atoms with Gasteiger partial charge in [0, 0.05) is 10.5 Å². The van der Waals surface area contributed by atoms with E-state index in [1.165, 1.54) is 0 Å². The van der Waals surface area contributed by atoms with Gasteiger partial charge >= 0.3 is 0 Å². The highest BCUT2D eigenvalue weighted by Gasteiger charge is 2.08. The largest absolute Gasteiger partial charge is 0.321 e. The third-order valence-corrected chi connectivity index (χ3v) is 3.38. The molecule has 0 atom stereocenters. The maximum atomic E-state index is 12.0. The van der Waals surface area contributed by atoms with Crippen molar-refractivity contribution >= 4 is 29.0 Å². The molecule has 94 valence electrons. The van der Waals surface area contributed by atoms with Crippen molar-refractivity contribution in [2.75, 3.05) is 5.32 Å². The van der Waals surface area contributed by atoms with Gasteiger partial charge in [-0.25, -0.2) is 0 Å². The monoisotopic (exact) mass is 268 g/mol. The summed E-state index contributed by atoms with van der Waals surface area (Å²) in [5.41, 5.74) is 1.60. The fraction of sp³-hybridized carbons (Fsp3) is 0.0667. The lowest BCUT2D eigenvalue weighted by molar-refractivity contribution is -0.112. The highest BCUT2D eigenvalue weighted by Crippen LogP contribution is 2.17. The summed E-state index contributed by atoms with van der Waals surface area (Å²) in [5, 5.41) is 13.7. The summed E-state index contributed by atoms with van der Waals surface area (Å²) >= 11 is 1.57. The molecule has 0 saturated carbocycles. The van der Waals surface area contributed by atoms with Crippen molar-refractivity contribution in [3.8, 4) is 6.07 Å². The van der Waals surface area contributed by atoms with Crippen molar-refractivity contribution in [2.24, 2.45) is 0 Å². The molecule has 4 heteroatoms. The molecule has 0 saturated heterocycles. The second-order valence-corrected chi connectivity index (χ2v) is 4.93. The van der Waals surface area contributed by atoms with E-state index in [0.29, 0.717) is 16.8 Å². The normalized spacial score (nSPS) is 10.8. The fourth-order valence-electron chi connectivity index (χ4n) is 1.56. The van der Waals surface area contributed by atoms with Crippen LogP contribution in [0.3, 0.4) is 0 Å². The minimum atomic E-state index is -0.198. The zero-order valence-corrected chi connectivity index (χ0v) is 11.2. The van der Waals surface area contributed by atoms with Crippen LogP contribution in [0.15, 0.2) is 47.4 Å². The van der Waals surface area contributed by atoms with E-state index in [1.807, 2.05) is 23.6 Å². The van der Waals surface area contributed by atoms with E-state index in [1.54, 1.807) is 42.5 Å². The number of thiophene rings is 1. The van der Waals surface area contributed by atoms with Gasteiger partial charge in [0.05, 0.1) is 11.3 Å². The number of anilines is 1.